The Morgan fingerprint density at radius 2 is 2.07 bits per heavy atom. The molecule has 0 spiro atoms. The molecule has 0 aromatic carbocycles. The molecule has 0 saturated carbocycles. The van der Waals surface area contributed by atoms with Crippen LogP contribution in [0.3, 0.4) is 0 Å². The van der Waals surface area contributed by atoms with E-state index in [1.165, 1.54) is 9.36 Å². The molecular formula is C16H20N8O3. The molecule has 3 aromatic rings. The van der Waals surface area contributed by atoms with Crippen LogP contribution in [-0.4, -0.2) is 52.1 Å². The molecule has 1 amide bonds. The monoisotopic (exact) mass is 372 g/mol. The predicted molar refractivity (Wildman–Crippen MR) is 95.0 cm³/mol. The Balaban J connectivity index is 1.72. The molecule has 0 aliphatic carbocycles. The lowest BCUT2D eigenvalue weighted by Crippen LogP contribution is -2.26. The average molecular weight is 372 g/mol. The summed E-state index contributed by atoms with van der Waals surface area (Å²) in [5, 5.41) is 23.6. The lowest BCUT2D eigenvalue weighted by molar-refractivity contribution is -0.386. The summed E-state index contributed by atoms with van der Waals surface area (Å²) >= 11 is 0. The minimum atomic E-state index is -0.445. The van der Waals surface area contributed by atoms with Crippen LogP contribution in [0, 0.1) is 24.0 Å². The van der Waals surface area contributed by atoms with Gasteiger partial charge < -0.3 is 4.90 Å². The topological polar surface area (TPSA) is 117 Å². The molecular weight excluding hydrogens is 352 g/mol. The van der Waals surface area contributed by atoms with E-state index in [1.54, 1.807) is 48.9 Å². The van der Waals surface area contributed by atoms with Gasteiger partial charge in [0.25, 0.3) is 5.91 Å². The molecule has 27 heavy (non-hydrogen) atoms. The SMILES string of the molecule is Cc1nn(Cn2ccc(C(=O)N(C)Cc3cnn(C)c3)n2)c(C)c1[N+](=O)[O-]. The standard InChI is InChI=1S/C16H20N8O3/c1-11-15(24(26)27)12(2)23(18-11)10-22-6-5-14(19-22)16(25)20(3)8-13-7-17-21(4)9-13/h5-7,9H,8,10H2,1-4H3. The zero-order chi connectivity index (χ0) is 19.7. The molecule has 0 unspecified atom stereocenters. The average Bonchev–Trinajstić information content (AvgIpc) is 3.28. The van der Waals surface area contributed by atoms with Crippen molar-refractivity contribution in [2.75, 3.05) is 7.05 Å². The van der Waals surface area contributed by atoms with Crippen molar-refractivity contribution in [1.82, 2.24) is 34.2 Å². The first kappa shape index (κ1) is 18.3. The van der Waals surface area contributed by atoms with Gasteiger partial charge in [-0.1, -0.05) is 0 Å². The van der Waals surface area contributed by atoms with Gasteiger partial charge in [-0.25, -0.2) is 4.68 Å². The first-order valence-corrected chi connectivity index (χ1v) is 8.21. The normalized spacial score (nSPS) is 11.0. The Kier molecular flexibility index (Phi) is 4.75. The molecule has 0 fully saturated rings. The third-order valence-electron chi connectivity index (χ3n) is 4.19. The van der Waals surface area contributed by atoms with Crippen molar-refractivity contribution < 1.29 is 9.72 Å². The third-order valence-corrected chi connectivity index (χ3v) is 4.19. The number of amides is 1. The van der Waals surface area contributed by atoms with Gasteiger partial charge in [-0.15, -0.1) is 0 Å². The maximum Gasteiger partial charge on any atom is 0.312 e. The Bertz CT molecular complexity index is 999. The van der Waals surface area contributed by atoms with Crippen LogP contribution >= 0.6 is 0 Å². The molecule has 0 bridgehead atoms. The van der Waals surface area contributed by atoms with Crippen LogP contribution in [-0.2, 0) is 20.3 Å². The highest BCUT2D eigenvalue weighted by atomic mass is 16.6. The molecule has 0 atom stereocenters. The smallest absolute Gasteiger partial charge is 0.312 e. The maximum absolute atomic E-state index is 12.5. The van der Waals surface area contributed by atoms with Gasteiger partial charge in [0, 0.05) is 38.6 Å². The van der Waals surface area contributed by atoms with E-state index in [4.69, 9.17) is 0 Å². The second-order valence-corrected chi connectivity index (χ2v) is 6.34. The third kappa shape index (κ3) is 3.71. The molecule has 3 aromatic heterocycles. The van der Waals surface area contributed by atoms with Gasteiger partial charge in [0.1, 0.15) is 23.8 Å². The van der Waals surface area contributed by atoms with Crippen molar-refractivity contribution >= 4 is 11.6 Å². The molecule has 0 saturated heterocycles. The number of nitro groups is 1. The van der Waals surface area contributed by atoms with E-state index in [-0.39, 0.29) is 24.0 Å². The largest absolute Gasteiger partial charge is 0.336 e. The quantitative estimate of drug-likeness (QED) is 0.473. The summed E-state index contributed by atoms with van der Waals surface area (Å²) in [7, 11) is 3.51. The van der Waals surface area contributed by atoms with Crippen molar-refractivity contribution in [2.24, 2.45) is 7.05 Å². The van der Waals surface area contributed by atoms with Crippen molar-refractivity contribution in [3.05, 3.63) is 57.4 Å². The van der Waals surface area contributed by atoms with Crippen LogP contribution in [0.15, 0.2) is 24.7 Å². The number of carbonyl (C=O) groups excluding carboxylic acids is 1. The fourth-order valence-electron chi connectivity index (χ4n) is 2.88. The lowest BCUT2D eigenvalue weighted by Gasteiger charge is -2.14. The minimum absolute atomic E-state index is 0.00494. The van der Waals surface area contributed by atoms with Crippen LogP contribution in [0.1, 0.15) is 27.4 Å². The summed E-state index contributed by atoms with van der Waals surface area (Å²) in [6.07, 6.45) is 5.20. The van der Waals surface area contributed by atoms with Gasteiger partial charge in [0.15, 0.2) is 0 Å². The van der Waals surface area contributed by atoms with E-state index in [1.807, 2.05) is 13.2 Å². The summed E-state index contributed by atoms with van der Waals surface area (Å²) in [4.78, 5) is 24.8. The molecule has 142 valence electrons. The first-order valence-electron chi connectivity index (χ1n) is 8.21. The van der Waals surface area contributed by atoms with E-state index in [0.29, 0.717) is 17.9 Å². The number of nitrogens with zero attached hydrogens (tertiary/aromatic N) is 8. The van der Waals surface area contributed by atoms with Crippen LogP contribution in [0.4, 0.5) is 5.69 Å². The Labute approximate surface area is 154 Å². The van der Waals surface area contributed by atoms with E-state index >= 15 is 0 Å². The molecule has 0 radical (unpaired) electrons. The minimum Gasteiger partial charge on any atom is -0.336 e. The summed E-state index contributed by atoms with van der Waals surface area (Å²) < 4.78 is 4.69. The molecule has 0 aliphatic rings. The summed E-state index contributed by atoms with van der Waals surface area (Å²) in [6.45, 7) is 3.83. The number of hydrogen-bond acceptors (Lipinski definition) is 6. The number of carbonyl (C=O) groups is 1. The predicted octanol–water partition coefficient (Wildman–Crippen LogP) is 1.12. The van der Waals surface area contributed by atoms with Gasteiger partial charge in [0.05, 0.1) is 11.1 Å². The molecule has 11 nitrogen and oxygen atoms in total. The van der Waals surface area contributed by atoms with Gasteiger partial charge in [-0.05, 0) is 19.9 Å². The maximum atomic E-state index is 12.5. The summed E-state index contributed by atoms with van der Waals surface area (Å²) in [6, 6.07) is 1.61. The number of aryl methyl sites for hydroxylation is 2. The van der Waals surface area contributed by atoms with Gasteiger partial charge >= 0.3 is 5.69 Å². The highest BCUT2D eigenvalue weighted by molar-refractivity contribution is 5.91. The fraction of sp³-hybridized carbons (Fsp3) is 0.375. The Hall–Kier alpha value is -3.50. The van der Waals surface area contributed by atoms with Gasteiger partial charge in [0.2, 0.25) is 0 Å². The van der Waals surface area contributed by atoms with E-state index in [2.05, 4.69) is 15.3 Å². The van der Waals surface area contributed by atoms with Gasteiger partial charge in [-0.2, -0.15) is 15.3 Å². The fourth-order valence-corrected chi connectivity index (χ4v) is 2.88. The van der Waals surface area contributed by atoms with Crippen LogP contribution < -0.4 is 0 Å². The van der Waals surface area contributed by atoms with E-state index < -0.39 is 4.92 Å². The first-order chi connectivity index (χ1) is 12.8. The molecule has 3 rings (SSSR count). The molecule has 3 heterocycles. The number of aromatic nitrogens is 6. The van der Waals surface area contributed by atoms with Crippen molar-refractivity contribution in [1.29, 1.82) is 0 Å². The number of rotatable bonds is 6. The van der Waals surface area contributed by atoms with Crippen molar-refractivity contribution in [2.45, 2.75) is 27.1 Å². The zero-order valence-electron chi connectivity index (χ0n) is 15.5. The molecule has 0 aliphatic heterocycles. The highest BCUT2D eigenvalue weighted by Crippen LogP contribution is 2.21. The van der Waals surface area contributed by atoms with Crippen LogP contribution in [0.2, 0.25) is 0 Å². The van der Waals surface area contributed by atoms with Crippen LogP contribution in [0.25, 0.3) is 0 Å². The molecule has 0 N–H and O–H groups in total. The lowest BCUT2D eigenvalue weighted by atomic mass is 10.3. The van der Waals surface area contributed by atoms with Crippen LogP contribution in [0.5, 0.6) is 0 Å². The second kappa shape index (κ2) is 7.02. The van der Waals surface area contributed by atoms with Crippen molar-refractivity contribution in [3.8, 4) is 0 Å². The zero-order valence-corrected chi connectivity index (χ0v) is 15.5. The highest BCUT2D eigenvalue weighted by Gasteiger charge is 2.22. The van der Waals surface area contributed by atoms with Gasteiger partial charge in [-0.3, -0.25) is 24.3 Å². The van der Waals surface area contributed by atoms with E-state index in [0.717, 1.165) is 5.56 Å². The second-order valence-electron chi connectivity index (χ2n) is 6.34. The van der Waals surface area contributed by atoms with E-state index in [9.17, 15) is 14.9 Å². The summed E-state index contributed by atoms with van der Waals surface area (Å²) in [5.74, 6) is -0.225. The summed E-state index contributed by atoms with van der Waals surface area (Å²) in [5.41, 5.74) is 1.99. The molecule has 11 heteroatoms. The Morgan fingerprint density at radius 3 is 2.67 bits per heavy atom. The Morgan fingerprint density at radius 1 is 1.33 bits per heavy atom. The number of hydrogen-bond donors (Lipinski definition) is 0. The van der Waals surface area contributed by atoms with Crippen molar-refractivity contribution in [3.63, 3.8) is 0 Å².